The summed E-state index contributed by atoms with van der Waals surface area (Å²) in [5.41, 5.74) is 2.68. The Hall–Kier alpha value is -0.350. The molecular formula is C20H10I4O4. The highest BCUT2D eigenvalue weighted by atomic mass is 127. The molecule has 0 atom stereocenters. The molecular weight excluding hydrogens is 812 g/mol. The van der Waals surface area contributed by atoms with Gasteiger partial charge in [0, 0.05) is 33.8 Å². The molecule has 0 bridgehead atoms. The zero-order chi connectivity index (χ0) is 20.2. The van der Waals surface area contributed by atoms with Gasteiger partial charge in [0.15, 0.2) is 11.5 Å². The second-order valence-corrected chi connectivity index (χ2v) is 10.5. The lowest BCUT2D eigenvalue weighted by atomic mass is 9.91. The van der Waals surface area contributed by atoms with Crippen molar-refractivity contribution in [1.29, 1.82) is 0 Å². The van der Waals surface area contributed by atoms with Gasteiger partial charge in [-0.25, -0.2) is 4.79 Å². The van der Waals surface area contributed by atoms with Crippen LogP contribution in [0.2, 0.25) is 0 Å². The lowest BCUT2D eigenvalue weighted by molar-refractivity contribution is 0.0697. The molecule has 1 aliphatic rings. The van der Waals surface area contributed by atoms with Gasteiger partial charge in [-0.1, -0.05) is 30.3 Å². The number of carbonyl (C=O) groups is 1. The van der Waals surface area contributed by atoms with E-state index >= 15 is 0 Å². The fourth-order valence-corrected chi connectivity index (χ4v) is 6.78. The number of carboxylic acid groups (broad SMARTS) is 1. The maximum absolute atomic E-state index is 11.9. The number of fused-ring (bicyclic) bond motifs is 2. The van der Waals surface area contributed by atoms with E-state index in [0.29, 0.717) is 23.3 Å². The van der Waals surface area contributed by atoms with Crippen molar-refractivity contribution in [3.05, 3.63) is 67.4 Å². The fourth-order valence-electron chi connectivity index (χ4n) is 3.23. The summed E-state index contributed by atoms with van der Waals surface area (Å²) >= 11 is 9.18. The van der Waals surface area contributed by atoms with Crippen LogP contribution in [0, 0.1) is 14.3 Å². The van der Waals surface area contributed by atoms with Gasteiger partial charge in [-0.3, -0.25) is 0 Å². The van der Waals surface area contributed by atoms with Crippen molar-refractivity contribution in [2.24, 2.45) is 0 Å². The summed E-state index contributed by atoms with van der Waals surface area (Å²) in [6, 6.07) is 10.7. The normalized spacial score (nSPS) is 12.1. The van der Waals surface area contributed by atoms with Gasteiger partial charge in [0.1, 0.15) is 5.75 Å². The Morgan fingerprint density at radius 1 is 0.929 bits per heavy atom. The third-order valence-corrected chi connectivity index (χ3v) is 12.0. The van der Waals surface area contributed by atoms with Crippen molar-refractivity contribution in [2.75, 3.05) is 0 Å². The molecule has 0 aliphatic carbocycles. The van der Waals surface area contributed by atoms with Gasteiger partial charge in [-0.2, -0.15) is 0 Å². The van der Waals surface area contributed by atoms with Crippen LogP contribution in [0.5, 0.6) is 17.2 Å². The Morgan fingerprint density at radius 2 is 1.57 bits per heavy atom. The number of rotatable bonds is 2. The standard InChI is InChI=1S/C20H10I4O4/c21-13-11-7-9-6-10(20(26)27)12(8-4-2-1-3-5-8)17(25)18(9)28-19(11)16(24)15(23)14(13)22/h1-6,25H,7H2,(H,26,27). The van der Waals surface area contributed by atoms with Crippen LogP contribution in [-0.2, 0) is 6.42 Å². The number of aromatic carboxylic acids is 1. The largest absolute Gasteiger partial charge is 0.504 e. The molecule has 0 aromatic heterocycles. The minimum absolute atomic E-state index is 0.0689. The molecule has 0 fully saturated rings. The maximum Gasteiger partial charge on any atom is 0.336 e. The number of phenols is 1. The van der Waals surface area contributed by atoms with E-state index in [1.807, 2.05) is 18.2 Å². The number of benzene rings is 3. The van der Waals surface area contributed by atoms with Crippen molar-refractivity contribution >= 4 is 96.3 Å². The van der Waals surface area contributed by atoms with Crippen LogP contribution in [0.15, 0.2) is 36.4 Å². The number of ether oxygens (including phenoxy) is 1. The van der Waals surface area contributed by atoms with Crippen LogP contribution in [0.1, 0.15) is 21.5 Å². The summed E-state index contributed by atoms with van der Waals surface area (Å²) in [6.07, 6.45) is 0.509. The summed E-state index contributed by atoms with van der Waals surface area (Å²) in [5.74, 6) is -0.142. The third-order valence-electron chi connectivity index (χ3n) is 4.51. The highest BCUT2D eigenvalue weighted by Crippen LogP contribution is 2.51. The topological polar surface area (TPSA) is 66.8 Å². The Bertz CT molecular complexity index is 1140. The Morgan fingerprint density at radius 3 is 2.21 bits per heavy atom. The second-order valence-electron chi connectivity index (χ2n) is 6.15. The van der Waals surface area contributed by atoms with Gasteiger partial charge >= 0.3 is 5.97 Å². The summed E-state index contributed by atoms with van der Waals surface area (Å²) in [6.45, 7) is 0. The lowest BCUT2D eigenvalue weighted by Gasteiger charge is -2.26. The number of halogens is 4. The predicted molar refractivity (Wildman–Crippen MR) is 141 cm³/mol. The van der Waals surface area contributed by atoms with E-state index in [2.05, 4.69) is 90.4 Å². The van der Waals surface area contributed by atoms with Crippen molar-refractivity contribution in [2.45, 2.75) is 6.42 Å². The van der Waals surface area contributed by atoms with E-state index in [-0.39, 0.29) is 16.9 Å². The molecule has 0 spiro atoms. The first kappa shape index (κ1) is 20.9. The van der Waals surface area contributed by atoms with E-state index < -0.39 is 5.97 Å². The highest BCUT2D eigenvalue weighted by molar-refractivity contribution is 14.1. The van der Waals surface area contributed by atoms with Crippen molar-refractivity contribution in [3.8, 4) is 28.4 Å². The van der Waals surface area contributed by atoms with Crippen LogP contribution in [-0.4, -0.2) is 16.2 Å². The van der Waals surface area contributed by atoms with Crippen molar-refractivity contribution in [3.63, 3.8) is 0 Å². The maximum atomic E-state index is 11.9. The molecule has 4 nitrogen and oxygen atoms in total. The Labute approximate surface area is 215 Å². The molecule has 3 aromatic rings. The molecule has 0 saturated heterocycles. The van der Waals surface area contributed by atoms with Gasteiger partial charge in [-0.15, -0.1) is 0 Å². The van der Waals surface area contributed by atoms with Crippen LogP contribution in [0.4, 0.5) is 0 Å². The molecule has 8 heteroatoms. The Balaban J connectivity index is 1.98. The molecule has 2 N–H and O–H groups in total. The van der Waals surface area contributed by atoms with E-state index in [0.717, 1.165) is 25.6 Å². The third kappa shape index (κ3) is 3.41. The van der Waals surface area contributed by atoms with Crippen LogP contribution >= 0.6 is 90.4 Å². The van der Waals surface area contributed by atoms with Crippen molar-refractivity contribution < 1.29 is 19.7 Å². The van der Waals surface area contributed by atoms with E-state index in [4.69, 9.17) is 4.74 Å². The quantitative estimate of drug-likeness (QED) is 0.132. The predicted octanol–water partition coefficient (Wildman–Crippen LogP) is 6.87. The van der Waals surface area contributed by atoms with Crippen LogP contribution in [0.25, 0.3) is 11.1 Å². The summed E-state index contributed by atoms with van der Waals surface area (Å²) < 4.78 is 10.5. The SMILES string of the molecule is O=C(O)c1cc2c(c(O)c1-c1ccccc1)Oc1c(I)c(I)c(I)c(I)c1C2. The number of phenolic OH excluding ortho intramolecular Hbond substituents is 1. The molecule has 4 rings (SSSR count). The molecule has 0 unspecified atom stereocenters. The Kier molecular flexibility index (Phi) is 6.02. The molecule has 28 heavy (non-hydrogen) atoms. The average Bonchev–Trinajstić information content (AvgIpc) is 2.70. The minimum Gasteiger partial charge on any atom is -0.504 e. The number of carboxylic acids is 1. The van der Waals surface area contributed by atoms with E-state index in [1.165, 1.54) is 0 Å². The highest BCUT2D eigenvalue weighted by Gasteiger charge is 2.31. The molecule has 0 saturated carbocycles. The van der Waals surface area contributed by atoms with E-state index in [9.17, 15) is 15.0 Å². The van der Waals surface area contributed by atoms with Crippen molar-refractivity contribution in [1.82, 2.24) is 0 Å². The zero-order valence-electron chi connectivity index (χ0n) is 13.9. The smallest absolute Gasteiger partial charge is 0.336 e. The first-order valence-electron chi connectivity index (χ1n) is 8.01. The fraction of sp³-hybridized carbons (Fsp3) is 0.0500. The van der Waals surface area contributed by atoms with Crippen LogP contribution < -0.4 is 4.74 Å². The minimum atomic E-state index is -1.08. The molecule has 1 heterocycles. The average molecular weight is 822 g/mol. The first-order chi connectivity index (χ1) is 13.3. The summed E-state index contributed by atoms with van der Waals surface area (Å²) in [7, 11) is 0. The van der Waals surface area contributed by atoms with Gasteiger partial charge in [0.25, 0.3) is 0 Å². The van der Waals surface area contributed by atoms with Gasteiger partial charge in [-0.05, 0) is 102 Å². The van der Waals surface area contributed by atoms with Gasteiger partial charge in [0.2, 0.25) is 0 Å². The molecule has 0 amide bonds. The molecule has 0 radical (unpaired) electrons. The molecule has 3 aromatic carbocycles. The lowest BCUT2D eigenvalue weighted by Crippen LogP contribution is -2.12. The molecule has 1 aliphatic heterocycles. The van der Waals surface area contributed by atoms with Gasteiger partial charge in [0.05, 0.1) is 9.13 Å². The number of hydrogen-bond acceptors (Lipinski definition) is 3. The second kappa shape index (κ2) is 8.06. The van der Waals surface area contributed by atoms with E-state index in [1.54, 1.807) is 18.2 Å². The number of aromatic hydroxyl groups is 1. The summed E-state index contributed by atoms with van der Waals surface area (Å²) in [4.78, 5) is 11.9. The zero-order valence-corrected chi connectivity index (χ0v) is 22.5. The monoisotopic (exact) mass is 822 g/mol. The summed E-state index contributed by atoms with van der Waals surface area (Å²) in [5, 5.41) is 20.8. The first-order valence-corrected chi connectivity index (χ1v) is 12.3. The van der Waals surface area contributed by atoms with Crippen LogP contribution in [0.3, 0.4) is 0 Å². The number of hydrogen-bond donors (Lipinski definition) is 2. The van der Waals surface area contributed by atoms with Gasteiger partial charge < -0.3 is 14.9 Å². The molecule has 142 valence electrons.